The van der Waals surface area contributed by atoms with Gasteiger partial charge >= 0.3 is 6.18 Å². The summed E-state index contributed by atoms with van der Waals surface area (Å²) in [6.45, 7) is 0.462. The number of anilines is 1. The highest BCUT2D eigenvalue weighted by Gasteiger charge is 2.30. The Hall–Kier alpha value is -0.550. The average Bonchev–Trinajstić information content (AvgIpc) is 2.15. The zero-order valence-electron chi connectivity index (χ0n) is 7.61. The van der Waals surface area contributed by atoms with E-state index in [0.29, 0.717) is 12.3 Å². The van der Waals surface area contributed by atoms with Crippen molar-refractivity contribution in [1.82, 2.24) is 0 Å². The quantitative estimate of drug-likeness (QED) is 0.785. The molecule has 0 amide bonds. The van der Waals surface area contributed by atoms with E-state index in [1.807, 2.05) is 0 Å². The van der Waals surface area contributed by atoms with Gasteiger partial charge in [0.2, 0.25) is 0 Å². The van der Waals surface area contributed by atoms with Crippen molar-refractivity contribution >= 4 is 29.9 Å². The molecule has 0 aliphatic heterocycles. The van der Waals surface area contributed by atoms with Gasteiger partial charge in [0.25, 0.3) is 0 Å². The molecule has 0 fully saturated rings. The molecule has 1 nitrogen and oxygen atoms in total. The van der Waals surface area contributed by atoms with Gasteiger partial charge in [-0.15, -0.1) is 0 Å². The molecule has 0 aromatic heterocycles. The Labute approximate surface area is 96.0 Å². The van der Waals surface area contributed by atoms with Gasteiger partial charge in [-0.1, -0.05) is 11.6 Å². The van der Waals surface area contributed by atoms with E-state index in [1.54, 1.807) is 0 Å². The first kappa shape index (κ1) is 12.5. The van der Waals surface area contributed by atoms with E-state index < -0.39 is 11.7 Å². The lowest BCUT2D eigenvalue weighted by Gasteiger charge is -2.11. The largest absolute Gasteiger partial charge is 0.416 e. The molecule has 0 unspecified atom stereocenters. The number of hydrogen-bond acceptors (Lipinski definition) is 2. The standard InChI is InChI=1S/C9H9ClF3NS/c10-7-2-1-6(9(11,12)13)5-8(7)14-3-4-15/h1-2,5,14-15H,3-4H2. The number of halogens is 4. The molecule has 0 spiro atoms. The fourth-order valence-corrected chi connectivity index (χ4v) is 1.32. The van der Waals surface area contributed by atoms with Crippen LogP contribution in [0, 0.1) is 0 Å². The van der Waals surface area contributed by atoms with Crippen LogP contribution in [-0.2, 0) is 6.18 Å². The summed E-state index contributed by atoms with van der Waals surface area (Å²) in [5.41, 5.74) is -0.436. The SMILES string of the molecule is FC(F)(F)c1ccc(Cl)c(NCCS)c1. The van der Waals surface area contributed by atoms with E-state index in [-0.39, 0.29) is 10.7 Å². The Bertz CT molecular complexity index is 341. The lowest BCUT2D eigenvalue weighted by molar-refractivity contribution is -0.137. The minimum Gasteiger partial charge on any atom is -0.383 e. The van der Waals surface area contributed by atoms with E-state index in [9.17, 15) is 13.2 Å². The lowest BCUT2D eigenvalue weighted by atomic mass is 10.2. The zero-order valence-corrected chi connectivity index (χ0v) is 9.26. The zero-order chi connectivity index (χ0) is 11.5. The molecule has 6 heteroatoms. The molecule has 0 aliphatic rings. The summed E-state index contributed by atoms with van der Waals surface area (Å²) in [4.78, 5) is 0. The molecule has 0 aliphatic carbocycles. The van der Waals surface area contributed by atoms with Gasteiger partial charge in [0.15, 0.2) is 0 Å². The summed E-state index contributed by atoms with van der Waals surface area (Å²) in [7, 11) is 0. The van der Waals surface area contributed by atoms with Crippen molar-refractivity contribution in [1.29, 1.82) is 0 Å². The maximum absolute atomic E-state index is 12.3. The summed E-state index contributed by atoms with van der Waals surface area (Å²) in [6.07, 6.45) is -4.35. The Balaban J connectivity index is 2.95. The Morgan fingerprint density at radius 2 is 2.00 bits per heavy atom. The number of alkyl halides is 3. The van der Waals surface area contributed by atoms with Crippen molar-refractivity contribution in [3.05, 3.63) is 28.8 Å². The van der Waals surface area contributed by atoms with Crippen LogP contribution in [0.5, 0.6) is 0 Å². The second-order valence-corrected chi connectivity index (χ2v) is 3.70. The molecule has 84 valence electrons. The summed E-state index contributed by atoms with van der Waals surface area (Å²) < 4.78 is 37.0. The fourth-order valence-electron chi connectivity index (χ4n) is 1.03. The predicted octanol–water partition coefficient (Wildman–Crippen LogP) is 3.70. The van der Waals surface area contributed by atoms with E-state index in [4.69, 9.17) is 11.6 Å². The fraction of sp³-hybridized carbons (Fsp3) is 0.333. The summed E-state index contributed by atoms with van der Waals surface area (Å²) in [5, 5.41) is 3.04. The number of thiol groups is 1. The summed E-state index contributed by atoms with van der Waals surface area (Å²) >= 11 is 9.67. The van der Waals surface area contributed by atoms with Crippen molar-refractivity contribution < 1.29 is 13.2 Å². The molecular weight excluding hydrogens is 247 g/mol. The van der Waals surface area contributed by atoms with Crippen LogP contribution in [0.3, 0.4) is 0 Å². The minimum absolute atomic E-state index is 0.268. The minimum atomic E-state index is -4.35. The van der Waals surface area contributed by atoms with Crippen molar-refractivity contribution in [2.75, 3.05) is 17.6 Å². The highest BCUT2D eigenvalue weighted by atomic mass is 35.5. The number of benzene rings is 1. The van der Waals surface area contributed by atoms with Gasteiger partial charge in [0.05, 0.1) is 16.3 Å². The molecule has 1 aromatic rings. The monoisotopic (exact) mass is 255 g/mol. The van der Waals surface area contributed by atoms with Crippen molar-refractivity contribution in [3.8, 4) is 0 Å². The third-order valence-corrected chi connectivity index (χ3v) is 2.27. The molecule has 1 rings (SSSR count). The normalized spacial score (nSPS) is 11.5. The predicted molar refractivity (Wildman–Crippen MR) is 58.8 cm³/mol. The summed E-state index contributed by atoms with van der Waals surface area (Å²) in [5.74, 6) is 0.520. The summed E-state index contributed by atoms with van der Waals surface area (Å²) in [6, 6.07) is 3.17. The topological polar surface area (TPSA) is 12.0 Å². The second kappa shape index (κ2) is 4.99. The second-order valence-electron chi connectivity index (χ2n) is 2.84. The van der Waals surface area contributed by atoms with Crippen LogP contribution in [-0.4, -0.2) is 12.3 Å². The molecule has 1 N–H and O–H groups in total. The highest BCUT2D eigenvalue weighted by Crippen LogP contribution is 2.33. The van der Waals surface area contributed by atoms with E-state index in [1.165, 1.54) is 6.07 Å². The van der Waals surface area contributed by atoms with Gasteiger partial charge in [-0.3, -0.25) is 0 Å². The molecule has 0 saturated heterocycles. The average molecular weight is 256 g/mol. The first-order valence-electron chi connectivity index (χ1n) is 4.16. The number of nitrogens with one attached hydrogen (secondary N) is 1. The van der Waals surface area contributed by atoms with Crippen LogP contribution < -0.4 is 5.32 Å². The van der Waals surface area contributed by atoms with Crippen LogP contribution in [0.25, 0.3) is 0 Å². The van der Waals surface area contributed by atoms with E-state index in [2.05, 4.69) is 17.9 Å². The van der Waals surface area contributed by atoms with Gasteiger partial charge in [-0.25, -0.2) is 0 Å². The van der Waals surface area contributed by atoms with E-state index >= 15 is 0 Å². The molecule has 0 saturated carbocycles. The first-order valence-corrected chi connectivity index (χ1v) is 5.17. The lowest BCUT2D eigenvalue weighted by Crippen LogP contribution is -2.08. The van der Waals surface area contributed by atoms with Gasteiger partial charge in [0, 0.05) is 12.3 Å². The molecule has 1 aromatic carbocycles. The molecule has 0 heterocycles. The van der Waals surface area contributed by atoms with Gasteiger partial charge in [-0.05, 0) is 18.2 Å². The van der Waals surface area contributed by atoms with E-state index in [0.717, 1.165) is 12.1 Å². The molecule has 0 bridgehead atoms. The highest BCUT2D eigenvalue weighted by molar-refractivity contribution is 7.80. The molecular formula is C9H9ClF3NS. The van der Waals surface area contributed by atoms with Crippen LogP contribution in [0.1, 0.15) is 5.56 Å². The Morgan fingerprint density at radius 3 is 2.53 bits per heavy atom. The Morgan fingerprint density at radius 1 is 1.33 bits per heavy atom. The van der Waals surface area contributed by atoms with Crippen molar-refractivity contribution in [3.63, 3.8) is 0 Å². The van der Waals surface area contributed by atoms with Crippen molar-refractivity contribution in [2.24, 2.45) is 0 Å². The number of rotatable bonds is 3. The maximum atomic E-state index is 12.3. The van der Waals surface area contributed by atoms with Gasteiger partial charge in [-0.2, -0.15) is 25.8 Å². The van der Waals surface area contributed by atoms with Crippen LogP contribution in [0.4, 0.5) is 18.9 Å². The third kappa shape index (κ3) is 3.50. The maximum Gasteiger partial charge on any atom is 0.416 e. The van der Waals surface area contributed by atoms with Crippen LogP contribution in [0.15, 0.2) is 18.2 Å². The van der Waals surface area contributed by atoms with Gasteiger partial charge < -0.3 is 5.32 Å². The smallest absolute Gasteiger partial charge is 0.383 e. The molecule has 0 radical (unpaired) electrons. The van der Waals surface area contributed by atoms with Crippen LogP contribution in [0.2, 0.25) is 5.02 Å². The number of hydrogen-bond donors (Lipinski definition) is 2. The van der Waals surface area contributed by atoms with Gasteiger partial charge in [0.1, 0.15) is 0 Å². The van der Waals surface area contributed by atoms with Crippen molar-refractivity contribution in [2.45, 2.75) is 6.18 Å². The third-order valence-electron chi connectivity index (χ3n) is 1.72. The Kier molecular flexibility index (Phi) is 4.16. The first-order chi connectivity index (χ1) is 6.95. The molecule has 15 heavy (non-hydrogen) atoms. The molecule has 0 atom stereocenters. The van der Waals surface area contributed by atoms with Crippen LogP contribution >= 0.6 is 24.2 Å².